The van der Waals surface area contributed by atoms with E-state index in [1.165, 1.54) is 10.5 Å². The van der Waals surface area contributed by atoms with Gasteiger partial charge in [0.2, 0.25) is 10.0 Å². The zero-order chi connectivity index (χ0) is 14.3. The normalized spacial score (nSPS) is 20.6. The van der Waals surface area contributed by atoms with E-state index in [1.807, 2.05) is 19.1 Å². The minimum absolute atomic E-state index is 0.219. The second-order valence-electron chi connectivity index (χ2n) is 5.08. The van der Waals surface area contributed by atoms with E-state index in [0.717, 1.165) is 18.6 Å². The van der Waals surface area contributed by atoms with Crippen molar-refractivity contribution in [2.45, 2.75) is 37.6 Å². The first-order chi connectivity index (χ1) is 9.50. The average Bonchev–Trinajstić information content (AvgIpc) is 3.07. The number of nitrogens with zero attached hydrogens (tertiary/aromatic N) is 2. The van der Waals surface area contributed by atoms with E-state index in [0.29, 0.717) is 18.0 Å². The molecule has 20 heavy (non-hydrogen) atoms. The fourth-order valence-corrected chi connectivity index (χ4v) is 4.46. The molecule has 3 rings (SSSR count). The van der Waals surface area contributed by atoms with Gasteiger partial charge in [0.25, 0.3) is 0 Å². The summed E-state index contributed by atoms with van der Waals surface area (Å²) in [6.45, 7) is 4.08. The van der Waals surface area contributed by atoms with Gasteiger partial charge in [-0.15, -0.1) is 0 Å². The lowest BCUT2D eigenvalue weighted by Gasteiger charge is -2.22. The van der Waals surface area contributed by atoms with Crippen molar-refractivity contribution < 1.29 is 12.8 Å². The molecule has 0 bridgehead atoms. The van der Waals surface area contributed by atoms with Gasteiger partial charge in [-0.05, 0) is 38.8 Å². The fourth-order valence-electron chi connectivity index (χ4n) is 2.67. The van der Waals surface area contributed by atoms with Gasteiger partial charge in [0, 0.05) is 6.54 Å². The van der Waals surface area contributed by atoms with E-state index in [-0.39, 0.29) is 10.9 Å². The lowest BCUT2D eigenvalue weighted by molar-refractivity contribution is 0.334. The highest BCUT2D eigenvalue weighted by Gasteiger charge is 2.38. The van der Waals surface area contributed by atoms with E-state index in [1.54, 1.807) is 6.92 Å². The van der Waals surface area contributed by atoms with Crippen molar-refractivity contribution in [3.05, 3.63) is 35.5 Å². The van der Waals surface area contributed by atoms with Crippen LogP contribution in [0.3, 0.4) is 0 Å². The molecule has 0 saturated carbocycles. The SMILES string of the molecule is Cc1ccc([C@@H]2CCCN2S(=O)(=O)c2cn[nH]c2C)o1. The topological polar surface area (TPSA) is 79.2 Å². The van der Waals surface area contributed by atoms with Crippen LogP contribution in [0.15, 0.2) is 27.6 Å². The number of aromatic amines is 1. The summed E-state index contributed by atoms with van der Waals surface area (Å²) in [6.07, 6.45) is 2.98. The summed E-state index contributed by atoms with van der Waals surface area (Å²) in [5, 5.41) is 6.48. The number of furan rings is 1. The van der Waals surface area contributed by atoms with Gasteiger partial charge in [-0.3, -0.25) is 5.10 Å². The van der Waals surface area contributed by atoms with Crippen LogP contribution in [0.2, 0.25) is 0 Å². The van der Waals surface area contributed by atoms with Gasteiger partial charge in [0.05, 0.1) is 17.9 Å². The van der Waals surface area contributed by atoms with Gasteiger partial charge in [-0.1, -0.05) is 0 Å². The number of aromatic nitrogens is 2. The number of rotatable bonds is 3. The maximum Gasteiger partial charge on any atom is 0.247 e. The van der Waals surface area contributed by atoms with E-state index < -0.39 is 10.0 Å². The number of hydrogen-bond acceptors (Lipinski definition) is 4. The molecule has 1 aliphatic rings. The van der Waals surface area contributed by atoms with Gasteiger partial charge in [0.1, 0.15) is 16.4 Å². The molecule has 1 atom stereocenters. The smallest absolute Gasteiger partial charge is 0.247 e. The summed E-state index contributed by atoms with van der Waals surface area (Å²) in [5.41, 5.74) is 0.561. The lowest BCUT2D eigenvalue weighted by Crippen LogP contribution is -2.30. The van der Waals surface area contributed by atoms with Crippen LogP contribution in [-0.4, -0.2) is 29.5 Å². The Morgan fingerprint density at radius 1 is 1.40 bits per heavy atom. The standard InChI is InChI=1S/C13H17N3O3S/c1-9-5-6-12(19-9)11-4-3-7-16(11)20(17,18)13-8-14-15-10(13)2/h5-6,8,11H,3-4,7H2,1-2H3,(H,14,15)/t11-/m0/s1. The summed E-state index contributed by atoms with van der Waals surface area (Å²) < 4.78 is 32.6. The first-order valence-corrected chi connectivity index (χ1v) is 8.02. The van der Waals surface area contributed by atoms with Crippen molar-refractivity contribution in [3.8, 4) is 0 Å². The molecule has 0 spiro atoms. The Bertz CT molecular complexity index is 717. The van der Waals surface area contributed by atoms with Gasteiger partial charge >= 0.3 is 0 Å². The molecule has 1 saturated heterocycles. The molecular weight excluding hydrogens is 278 g/mol. The minimum atomic E-state index is -3.53. The monoisotopic (exact) mass is 295 g/mol. The number of sulfonamides is 1. The average molecular weight is 295 g/mol. The Hall–Kier alpha value is -1.60. The first-order valence-electron chi connectivity index (χ1n) is 6.58. The van der Waals surface area contributed by atoms with Crippen molar-refractivity contribution in [2.75, 3.05) is 6.54 Å². The molecule has 3 heterocycles. The van der Waals surface area contributed by atoms with E-state index in [2.05, 4.69) is 10.2 Å². The predicted octanol–water partition coefficient (Wildman–Crippen LogP) is 2.15. The van der Waals surface area contributed by atoms with E-state index in [4.69, 9.17) is 4.42 Å². The van der Waals surface area contributed by atoms with Crippen molar-refractivity contribution in [2.24, 2.45) is 0 Å². The number of H-pyrrole nitrogens is 1. The Balaban J connectivity index is 1.99. The number of aryl methyl sites for hydroxylation is 2. The lowest BCUT2D eigenvalue weighted by atomic mass is 10.2. The maximum absolute atomic E-state index is 12.7. The van der Waals surface area contributed by atoms with E-state index in [9.17, 15) is 8.42 Å². The van der Waals surface area contributed by atoms with Crippen LogP contribution in [0.1, 0.15) is 36.1 Å². The van der Waals surface area contributed by atoms with Crippen molar-refractivity contribution >= 4 is 10.0 Å². The summed E-state index contributed by atoms with van der Waals surface area (Å²) >= 11 is 0. The molecule has 1 N–H and O–H groups in total. The van der Waals surface area contributed by atoms with Crippen LogP contribution in [0, 0.1) is 13.8 Å². The van der Waals surface area contributed by atoms with Crippen molar-refractivity contribution in [3.63, 3.8) is 0 Å². The van der Waals surface area contributed by atoms with Crippen LogP contribution in [0.25, 0.3) is 0 Å². The molecule has 1 fully saturated rings. The highest BCUT2D eigenvalue weighted by molar-refractivity contribution is 7.89. The Morgan fingerprint density at radius 3 is 2.80 bits per heavy atom. The van der Waals surface area contributed by atoms with Crippen LogP contribution < -0.4 is 0 Å². The molecule has 7 heteroatoms. The fraction of sp³-hybridized carbons (Fsp3) is 0.462. The molecule has 1 aliphatic heterocycles. The molecule has 2 aromatic rings. The molecule has 0 aromatic carbocycles. The summed E-state index contributed by atoms with van der Waals surface area (Å²) in [4.78, 5) is 0.243. The first kappa shape index (κ1) is 13.4. The molecule has 6 nitrogen and oxygen atoms in total. The zero-order valence-corrected chi connectivity index (χ0v) is 12.3. The molecule has 0 radical (unpaired) electrons. The van der Waals surface area contributed by atoms with Crippen LogP contribution >= 0.6 is 0 Å². The molecule has 0 unspecified atom stereocenters. The summed E-state index contributed by atoms with van der Waals surface area (Å²) in [7, 11) is -3.53. The second kappa shape index (κ2) is 4.75. The highest BCUT2D eigenvalue weighted by Crippen LogP contribution is 2.37. The number of nitrogens with one attached hydrogen (secondary N) is 1. The van der Waals surface area contributed by atoms with Gasteiger partial charge in [0.15, 0.2) is 0 Å². The predicted molar refractivity (Wildman–Crippen MR) is 72.6 cm³/mol. The molecule has 108 valence electrons. The zero-order valence-electron chi connectivity index (χ0n) is 11.5. The van der Waals surface area contributed by atoms with Crippen LogP contribution in [-0.2, 0) is 10.0 Å². The minimum Gasteiger partial charge on any atom is -0.465 e. The molecule has 0 amide bonds. The van der Waals surface area contributed by atoms with Gasteiger partial charge in [-0.25, -0.2) is 8.42 Å². The summed E-state index contributed by atoms with van der Waals surface area (Å²) in [5.74, 6) is 1.51. The Labute approximate surface area is 117 Å². The molecule has 0 aliphatic carbocycles. The Kier molecular flexibility index (Phi) is 3.18. The molecule has 2 aromatic heterocycles. The van der Waals surface area contributed by atoms with E-state index >= 15 is 0 Å². The second-order valence-corrected chi connectivity index (χ2v) is 6.94. The van der Waals surface area contributed by atoms with Crippen molar-refractivity contribution in [1.29, 1.82) is 0 Å². The maximum atomic E-state index is 12.7. The van der Waals surface area contributed by atoms with Gasteiger partial charge in [-0.2, -0.15) is 9.40 Å². The van der Waals surface area contributed by atoms with Crippen molar-refractivity contribution in [1.82, 2.24) is 14.5 Å². The third-order valence-corrected chi connectivity index (χ3v) is 5.69. The highest BCUT2D eigenvalue weighted by atomic mass is 32.2. The Morgan fingerprint density at radius 2 is 2.20 bits per heavy atom. The third-order valence-electron chi connectivity index (χ3n) is 3.66. The van der Waals surface area contributed by atoms with Crippen LogP contribution in [0.5, 0.6) is 0 Å². The molecular formula is C13H17N3O3S. The third kappa shape index (κ3) is 2.06. The largest absolute Gasteiger partial charge is 0.465 e. The van der Waals surface area contributed by atoms with Gasteiger partial charge < -0.3 is 4.42 Å². The quantitative estimate of drug-likeness (QED) is 0.941. The number of hydrogen-bond donors (Lipinski definition) is 1. The van der Waals surface area contributed by atoms with Crippen LogP contribution in [0.4, 0.5) is 0 Å². The summed E-state index contributed by atoms with van der Waals surface area (Å²) in [6, 6.07) is 3.50.